The first-order valence-electron chi connectivity index (χ1n) is 9.85. The monoisotopic (exact) mass is 395 g/mol. The molecule has 1 unspecified atom stereocenters. The zero-order chi connectivity index (χ0) is 21.1. The average Bonchev–Trinajstić information content (AvgIpc) is 2.69. The molecule has 2 aliphatic heterocycles. The van der Waals surface area contributed by atoms with Gasteiger partial charge >= 0.3 is 12.0 Å². The van der Waals surface area contributed by atoms with E-state index in [1.165, 1.54) is 18.1 Å². The number of likely N-dealkylation sites (N-methyl/N-ethyl adjacent to an activating group) is 1. The molecule has 0 bridgehead atoms. The van der Waals surface area contributed by atoms with Gasteiger partial charge in [0.05, 0.1) is 25.4 Å². The molecule has 2 heterocycles. The summed E-state index contributed by atoms with van der Waals surface area (Å²) >= 11 is 0. The van der Waals surface area contributed by atoms with Crippen LogP contribution in [0.25, 0.3) is 0 Å². The van der Waals surface area contributed by atoms with Crippen LogP contribution >= 0.6 is 0 Å². The number of hydrogen-bond acceptors (Lipinski definition) is 5. The molecule has 2 rings (SSSR count). The Hall–Kier alpha value is -2.09. The van der Waals surface area contributed by atoms with Crippen molar-refractivity contribution in [1.29, 1.82) is 0 Å². The fourth-order valence-electron chi connectivity index (χ4n) is 4.34. The third-order valence-electron chi connectivity index (χ3n) is 6.08. The lowest BCUT2D eigenvalue weighted by Crippen LogP contribution is -2.64. The maximum absolute atomic E-state index is 13.0. The Kier molecular flexibility index (Phi) is 7.09. The van der Waals surface area contributed by atoms with Crippen molar-refractivity contribution in [2.24, 2.45) is 5.92 Å². The fourth-order valence-corrected chi connectivity index (χ4v) is 4.34. The number of nitrogens with zero attached hydrogens (tertiary/aromatic N) is 3. The van der Waals surface area contributed by atoms with Crippen molar-refractivity contribution in [2.75, 3.05) is 40.4 Å². The normalized spacial score (nSPS) is 22.7. The van der Waals surface area contributed by atoms with E-state index in [2.05, 4.69) is 6.58 Å². The van der Waals surface area contributed by atoms with E-state index in [0.29, 0.717) is 39.1 Å². The Bertz CT molecular complexity index is 613. The maximum atomic E-state index is 13.0. The van der Waals surface area contributed by atoms with Gasteiger partial charge < -0.3 is 24.2 Å². The summed E-state index contributed by atoms with van der Waals surface area (Å²) in [6.45, 7) is 11.4. The Morgan fingerprint density at radius 3 is 2.36 bits per heavy atom. The molecule has 2 saturated heterocycles. The molecule has 28 heavy (non-hydrogen) atoms. The minimum absolute atomic E-state index is 0.0577. The summed E-state index contributed by atoms with van der Waals surface area (Å²) in [6.07, 6.45) is 2.61. The van der Waals surface area contributed by atoms with Gasteiger partial charge in [-0.05, 0) is 31.8 Å². The van der Waals surface area contributed by atoms with Gasteiger partial charge in [-0.1, -0.05) is 20.4 Å². The number of likely N-dealkylation sites (tertiary alicyclic amines) is 1. The number of hydrogen-bond donors (Lipinski definition) is 0. The van der Waals surface area contributed by atoms with Crippen LogP contribution in [0, 0.1) is 5.92 Å². The number of rotatable bonds is 4. The number of piperidine rings is 1. The molecule has 8 heteroatoms. The van der Waals surface area contributed by atoms with Crippen molar-refractivity contribution in [1.82, 2.24) is 14.7 Å². The first kappa shape index (κ1) is 22.2. The summed E-state index contributed by atoms with van der Waals surface area (Å²) < 4.78 is 11.0. The summed E-state index contributed by atoms with van der Waals surface area (Å²) in [4.78, 5) is 42.2. The van der Waals surface area contributed by atoms with Crippen LogP contribution in [0.4, 0.5) is 4.79 Å². The molecule has 2 aliphatic rings. The second kappa shape index (κ2) is 8.94. The maximum Gasteiger partial charge on any atom is 0.328 e. The molecule has 8 nitrogen and oxygen atoms in total. The number of urea groups is 1. The van der Waals surface area contributed by atoms with Gasteiger partial charge in [-0.25, -0.2) is 9.59 Å². The molecule has 158 valence electrons. The van der Waals surface area contributed by atoms with E-state index >= 15 is 0 Å². The van der Waals surface area contributed by atoms with Crippen molar-refractivity contribution < 1.29 is 23.9 Å². The highest BCUT2D eigenvalue weighted by atomic mass is 16.5. The summed E-state index contributed by atoms with van der Waals surface area (Å²) in [6, 6.07) is -0.902. The number of carbonyl (C=O) groups is 3. The Morgan fingerprint density at radius 1 is 1.25 bits per heavy atom. The number of morpholine rings is 1. The molecule has 2 fully saturated rings. The van der Waals surface area contributed by atoms with Gasteiger partial charge in [-0.2, -0.15) is 0 Å². The molecule has 0 aliphatic carbocycles. The van der Waals surface area contributed by atoms with E-state index in [1.807, 2.05) is 20.8 Å². The van der Waals surface area contributed by atoms with Crippen LogP contribution < -0.4 is 0 Å². The first-order chi connectivity index (χ1) is 13.2. The van der Waals surface area contributed by atoms with Gasteiger partial charge in [0.2, 0.25) is 5.91 Å². The molecular weight excluding hydrogens is 362 g/mol. The van der Waals surface area contributed by atoms with E-state index < -0.39 is 17.6 Å². The summed E-state index contributed by atoms with van der Waals surface area (Å²) in [5, 5.41) is 0. The summed E-state index contributed by atoms with van der Waals surface area (Å²) in [7, 11) is 2.97. The minimum atomic E-state index is -0.626. The second-order valence-corrected chi connectivity index (χ2v) is 7.92. The number of amides is 3. The molecule has 0 aromatic heterocycles. The van der Waals surface area contributed by atoms with E-state index in [9.17, 15) is 14.4 Å². The van der Waals surface area contributed by atoms with Gasteiger partial charge in [0.25, 0.3) is 0 Å². The third kappa shape index (κ3) is 4.16. The number of carbonyl (C=O) groups excluding carboxylic acids is 3. The largest absolute Gasteiger partial charge is 0.467 e. The first-order valence-corrected chi connectivity index (χ1v) is 9.85. The van der Waals surface area contributed by atoms with Crippen molar-refractivity contribution in [3.8, 4) is 0 Å². The minimum Gasteiger partial charge on any atom is -0.467 e. The summed E-state index contributed by atoms with van der Waals surface area (Å²) in [5.41, 5.74) is -0.452. The van der Waals surface area contributed by atoms with E-state index in [1.54, 1.807) is 16.8 Å². The zero-order valence-corrected chi connectivity index (χ0v) is 17.6. The van der Waals surface area contributed by atoms with Crippen molar-refractivity contribution in [3.05, 3.63) is 12.7 Å². The second-order valence-electron chi connectivity index (χ2n) is 7.92. The van der Waals surface area contributed by atoms with Crippen LogP contribution in [0.5, 0.6) is 0 Å². The highest BCUT2D eigenvalue weighted by Crippen LogP contribution is 2.35. The summed E-state index contributed by atoms with van der Waals surface area (Å²) in [5.74, 6) is -0.564. The quantitative estimate of drug-likeness (QED) is 0.532. The predicted octanol–water partition coefficient (Wildman–Crippen LogP) is 1.50. The van der Waals surface area contributed by atoms with Crippen molar-refractivity contribution >= 4 is 17.9 Å². The number of esters is 1. The fraction of sp³-hybridized carbons (Fsp3) is 0.750. The molecule has 0 aromatic carbocycles. The molecular formula is C20H33N3O5. The molecule has 0 saturated carbocycles. The predicted molar refractivity (Wildman–Crippen MR) is 105 cm³/mol. The Balaban J connectivity index is 2.06. The van der Waals surface area contributed by atoms with Crippen LogP contribution in [0.3, 0.4) is 0 Å². The van der Waals surface area contributed by atoms with E-state index in [0.717, 1.165) is 0 Å². The van der Waals surface area contributed by atoms with Gasteiger partial charge in [-0.15, -0.1) is 0 Å². The number of methoxy groups -OCH3 is 1. The SMILES string of the molecule is C=CC(=O)N1CCOC2(CCN(C(=O)N(C)C(C(=O)OC)C(C)C)CC2)[C@H]1C. The van der Waals surface area contributed by atoms with Crippen LogP contribution in [0.15, 0.2) is 12.7 Å². The molecule has 0 radical (unpaired) electrons. The molecule has 3 amide bonds. The lowest BCUT2D eigenvalue weighted by atomic mass is 9.82. The smallest absolute Gasteiger partial charge is 0.328 e. The van der Waals surface area contributed by atoms with Crippen LogP contribution in [0.1, 0.15) is 33.6 Å². The topological polar surface area (TPSA) is 79.4 Å². The lowest BCUT2D eigenvalue weighted by Gasteiger charge is -2.52. The Morgan fingerprint density at radius 2 is 1.86 bits per heavy atom. The van der Waals surface area contributed by atoms with Gasteiger partial charge in [-0.3, -0.25) is 4.79 Å². The molecule has 0 N–H and O–H groups in total. The molecule has 0 aromatic rings. The van der Waals surface area contributed by atoms with Crippen molar-refractivity contribution in [2.45, 2.75) is 51.3 Å². The molecule has 1 spiro atoms. The highest BCUT2D eigenvalue weighted by Gasteiger charge is 2.47. The number of ether oxygens (including phenoxy) is 2. The van der Waals surface area contributed by atoms with Crippen LogP contribution in [-0.4, -0.2) is 90.7 Å². The van der Waals surface area contributed by atoms with Crippen LogP contribution in [-0.2, 0) is 19.1 Å². The Labute approximate surface area is 167 Å². The average molecular weight is 396 g/mol. The van der Waals surface area contributed by atoms with Gasteiger partial charge in [0.1, 0.15) is 6.04 Å². The standard InChI is InChI=1S/C20H33N3O5/c1-7-16(24)23-12-13-28-20(15(23)4)8-10-22(11-9-20)19(26)21(5)17(14(2)3)18(25)27-6/h7,14-15,17H,1,8-13H2,2-6H3/t15-,17?/m1/s1. The van der Waals surface area contributed by atoms with Gasteiger partial charge in [0, 0.05) is 26.7 Å². The zero-order valence-electron chi connectivity index (χ0n) is 17.6. The molecule has 2 atom stereocenters. The van der Waals surface area contributed by atoms with E-state index in [4.69, 9.17) is 9.47 Å². The van der Waals surface area contributed by atoms with Crippen LogP contribution in [0.2, 0.25) is 0 Å². The van der Waals surface area contributed by atoms with E-state index in [-0.39, 0.29) is 23.9 Å². The lowest BCUT2D eigenvalue weighted by molar-refractivity contribution is -0.173. The third-order valence-corrected chi connectivity index (χ3v) is 6.08. The van der Waals surface area contributed by atoms with Crippen molar-refractivity contribution in [3.63, 3.8) is 0 Å². The van der Waals surface area contributed by atoms with Gasteiger partial charge in [0.15, 0.2) is 0 Å². The highest BCUT2D eigenvalue weighted by molar-refractivity contribution is 5.87.